The van der Waals surface area contributed by atoms with Gasteiger partial charge in [0.1, 0.15) is 11.6 Å². The summed E-state index contributed by atoms with van der Waals surface area (Å²) in [6.07, 6.45) is 1.95. The molecule has 2 aromatic carbocycles. The van der Waals surface area contributed by atoms with Crippen LogP contribution in [-0.4, -0.2) is 0 Å². The zero-order chi connectivity index (χ0) is 17.3. The van der Waals surface area contributed by atoms with Gasteiger partial charge in [0.15, 0.2) is 0 Å². The number of halogens is 2. The van der Waals surface area contributed by atoms with Crippen LogP contribution in [0.1, 0.15) is 74.6 Å². The normalized spacial score (nSPS) is 26.2. The van der Waals surface area contributed by atoms with Crippen molar-refractivity contribution in [3.8, 4) is 0 Å². The molecule has 0 unspecified atom stereocenters. The van der Waals surface area contributed by atoms with Crippen molar-refractivity contribution in [2.45, 2.75) is 63.2 Å². The summed E-state index contributed by atoms with van der Waals surface area (Å²) in [5, 5.41) is 0. The molecule has 24 heavy (non-hydrogen) atoms. The molecule has 2 heteroatoms. The number of hydrogen-bond donors (Lipinski definition) is 0. The molecule has 2 aliphatic carbocycles. The first-order chi connectivity index (χ1) is 11.2. The number of fused-ring (bicyclic) bond motifs is 5. The maximum atomic E-state index is 13.9. The van der Waals surface area contributed by atoms with Gasteiger partial charge < -0.3 is 0 Å². The van der Waals surface area contributed by atoms with Crippen molar-refractivity contribution in [1.82, 2.24) is 0 Å². The Kier molecular flexibility index (Phi) is 3.23. The van der Waals surface area contributed by atoms with Gasteiger partial charge in [0.25, 0.3) is 0 Å². The van der Waals surface area contributed by atoms with Crippen LogP contribution in [0.4, 0.5) is 8.78 Å². The van der Waals surface area contributed by atoms with Gasteiger partial charge in [-0.25, -0.2) is 8.78 Å². The van der Waals surface area contributed by atoms with Crippen molar-refractivity contribution in [2.24, 2.45) is 0 Å². The highest BCUT2D eigenvalue weighted by atomic mass is 19.1. The minimum Gasteiger partial charge on any atom is -0.207 e. The molecular formula is C22H24F2. The molecule has 126 valence electrons. The molecule has 0 fully saturated rings. The standard InChI is InChI=1S/C22H24F2/c1-21(2)11-17-16-8-6-14(24)10-20(16)22(3,4)12-18(17)15-7-5-13(23)9-19(15)21/h5-10,17-18H,11-12H2,1-4H3/t17-,18-/m0/s1. The summed E-state index contributed by atoms with van der Waals surface area (Å²) in [6.45, 7) is 8.80. The van der Waals surface area contributed by atoms with Crippen molar-refractivity contribution in [2.75, 3.05) is 0 Å². The Morgan fingerprint density at radius 2 is 1.08 bits per heavy atom. The van der Waals surface area contributed by atoms with E-state index in [0.717, 1.165) is 24.0 Å². The van der Waals surface area contributed by atoms with Crippen molar-refractivity contribution in [3.63, 3.8) is 0 Å². The monoisotopic (exact) mass is 326 g/mol. The van der Waals surface area contributed by atoms with E-state index in [0.29, 0.717) is 11.8 Å². The lowest BCUT2D eigenvalue weighted by Gasteiger charge is -2.50. The van der Waals surface area contributed by atoms with Gasteiger partial charge in [-0.2, -0.15) is 0 Å². The summed E-state index contributed by atoms with van der Waals surface area (Å²) in [7, 11) is 0. The number of benzene rings is 2. The van der Waals surface area contributed by atoms with Gasteiger partial charge in [0.05, 0.1) is 0 Å². The van der Waals surface area contributed by atoms with Crippen LogP contribution in [0.5, 0.6) is 0 Å². The number of hydrogen-bond acceptors (Lipinski definition) is 0. The lowest BCUT2D eigenvalue weighted by molar-refractivity contribution is 0.273. The molecule has 0 aromatic heterocycles. The molecule has 2 aliphatic rings. The maximum absolute atomic E-state index is 13.9. The topological polar surface area (TPSA) is 0 Å². The average Bonchev–Trinajstić information content (AvgIpc) is 2.49. The minimum atomic E-state index is -0.155. The molecule has 0 amide bonds. The molecule has 0 saturated heterocycles. The summed E-state index contributed by atoms with van der Waals surface area (Å²) in [4.78, 5) is 0. The highest BCUT2D eigenvalue weighted by molar-refractivity contribution is 5.49. The van der Waals surface area contributed by atoms with Gasteiger partial charge in [-0.05, 0) is 82.0 Å². The zero-order valence-electron chi connectivity index (χ0n) is 14.8. The molecule has 0 nitrogen and oxygen atoms in total. The lowest BCUT2D eigenvalue weighted by Crippen LogP contribution is -2.39. The summed E-state index contributed by atoms with van der Waals surface area (Å²) in [6, 6.07) is 10.6. The molecule has 2 aromatic rings. The van der Waals surface area contributed by atoms with Gasteiger partial charge in [-0.15, -0.1) is 0 Å². The molecular weight excluding hydrogens is 302 g/mol. The van der Waals surface area contributed by atoms with Crippen LogP contribution in [0.15, 0.2) is 36.4 Å². The molecule has 0 spiro atoms. The van der Waals surface area contributed by atoms with Crippen LogP contribution in [0.25, 0.3) is 0 Å². The first kappa shape index (κ1) is 15.8. The first-order valence-corrected chi connectivity index (χ1v) is 8.79. The fourth-order valence-corrected chi connectivity index (χ4v) is 5.13. The summed E-state index contributed by atoms with van der Waals surface area (Å²) < 4.78 is 27.7. The van der Waals surface area contributed by atoms with E-state index in [9.17, 15) is 8.78 Å². The van der Waals surface area contributed by atoms with E-state index in [-0.39, 0.29) is 22.5 Å². The molecule has 0 saturated carbocycles. The third kappa shape index (κ3) is 2.22. The molecule has 0 bridgehead atoms. The zero-order valence-corrected chi connectivity index (χ0v) is 14.8. The lowest BCUT2D eigenvalue weighted by atomic mass is 9.54. The maximum Gasteiger partial charge on any atom is 0.123 e. The third-order valence-corrected chi connectivity index (χ3v) is 6.23. The van der Waals surface area contributed by atoms with Crippen molar-refractivity contribution in [1.29, 1.82) is 0 Å². The molecule has 0 heterocycles. The van der Waals surface area contributed by atoms with Gasteiger partial charge in [0.2, 0.25) is 0 Å². The summed E-state index contributed by atoms with van der Waals surface area (Å²) >= 11 is 0. The van der Waals surface area contributed by atoms with Crippen LogP contribution in [0.2, 0.25) is 0 Å². The van der Waals surface area contributed by atoms with E-state index in [1.165, 1.54) is 11.1 Å². The Morgan fingerprint density at radius 1 is 0.708 bits per heavy atom. The van der Waals surface area contributed by atoms with Crippen molar-refractivity contribution >= 4 is 0 Å². The van der Waals surface area contributed by atoms with E-state index in [1.54, 1.807) is 24.3 Å². The molecule has 0 radical (unpaired) electrons. The fourth-order valence-electron chi connectivity index (χ4n) is 5.13. The second-order valence-electron chi connectivity index (χ2n) is 8.85. The second-order valence-corrected chi connectivity index (χ2v) is 8.85. The Hall–Kier alpha value is -1.70. The molecule has 0 N–H and O–H groups in total. The average molecular weight is 326 g/mol. The summed E-state index contributed by atoms with van der Waals surface area (Å²) in [5.74, 6) is 0.443. The van der Waals surface area contributed by atoms with Gasteiger partial charge in [-0.3, -0.25) is 0 Å². The Labute approximate surface area is 142 Å². The highest BCUT2D eigenvalue weighted by Crippen LogP contribution is 2.58. The predicted molar refractivity (Wildman–Crippen MR) is 93.6 cm³/mol. The van der Waals surface area contributed by atoms with Crippen LogP contribution < -0.4 is 0 Å². The van der Waals surface area contributed by atoms with E-state index < -0.39 is 0 Å². The second kappa shape index (κ2) is 4.91. The van der Waals surface area contributed by atoms with Gasteiger partial charge in [0, 0.05) is 0 Å². The van der Waals surface area contributed by atoms with E-state index >= 15 is 0 Å². The smallest absolute Gasteiger partial charge is 0.123 e. The van der Waals surface area contributed by atoms with Crippen molar-refractivity contribution in [3.05, 3.63) is 70.3 Å². The molecule has 2 atom stereocenters. The predicted octanol–water partition coefficient (Wildman–Crippen LogP) is 6.19. The van der Waals surface area contributed by atoms with Crippen LogP contribution in [0, 0.1) is 11.6 Å². The van der Waals surface area contributed by atoms with Gasteiger partial charge >= 0.3 is 0 Å². The third-order valence-electron chi connectivity index (χ3n) is 6.23. The van der Waals surface area contributed by atoms with Crippen LogP contribution in [0.3, 0.4) is 0 Å². The van der Waals surface area contributed by atoms with E-state index in [2.05, 4.69) is 27.7 Å². The fraction of sp³-hybridized carbons (Fsp3) is 0.455. The Morgan fingerprint density at radius 3 is 1.46 bits per heavy atom. The Balaban J connectivity index is 1.94. The molecule has 4 rings (SSSR count). The number of rotatable bonds is 0. The first-order valence-electron chi connectivity index (χ1n) is 8.79. The van der Waals surface area contributed by atoms with Crippen LogP contribution >= 0.6 is 0 Å². The Bertz CT molecular complexity index is 747. The minimum absolute atomic E-state index is 0.0776. The molecule has 0 aliphatic heterocycles. The van der Waals surface area contributed by atoms with Gasteiger partial charge in [-0.1, -0.05) is 39.8 Å². The SMILES string of the molecule is CC1(C)C[C@H]2c3ccc(F)cc3C(C)(C)C[C@H]2c2ccc(F)cc21. The van der Waals surface area contributed by atoms with E-state index in [4.69, 9.17) is 0 Å². The highest BCUT2D eigenvalue weighted by Gasteiger charge is 2.46. The quantitative estimate of drug-likeness (QED) is 0.541. The van der Waals surface area contributed by atoms with E-state index in [1.807, 2.05) is 12.1 Å². The van der Waals surface area contributed by atoms with Crippen molar-refractivity contribution < 1.29 is 8.78 Å². The van der Waals surface area contributed by atoms with Crippen LogP contribution in [-0.2, 0) is 10.8 Å². The largest absolute Gasteiger partial charge is 0.207 e. The summed E-state index contributed by atoms with van der Waals surface area (Å²) in [5.41, 5.74) is 4.69.